The fraction of sp³-hybridized carbons (Fsp3) is 0.386. The van der Waals surface area contributed by atoms with Crippen molar-refractivity contribution >= 4 is 34.4 Å². The molecule has 0 bridgehead atoms. The fourth-order valence-electron chi connectivity index (χ4n) is 10.7. The maximum atomic E-state index is 14.8. The number of ether oxygens (including phenoxy) is 6. The van der Waals surface area contributed by atoms with Crippen molar-refractivity contribution in [3.63, 3.8) is 0 Å². The molecule has 0 saturated heterocycles. The smallest absolute Gasteiger partial charge is 0.417 e. The Morgan fingerprint density at radius 1 is 0.887 bits per heavy atom. The molecule has 0 radical (unpaired) electrons. The molecule has 5 aromatic rings. The number of benzene rings is 5. The number of hydrogen-bond donors (Lipinski definition) is 3. The van der Waals surface area contributed by atoms with Crippen LogP contribution in [0, 0.1) is 17.8 Å². The summed E-state index contributed by atoms with van der Waals surface area (Å²) in [4.78, 5) is 36.6. The second kappa shape index (κ2) is 23.8. The van der Waals surface area contributed by atoms with Crippen molar-refractivity contribution in [1.82, 2.24) is 4.90 Å². The lowest BCUT2D eigenvalue weighted by Gasteiger charge is -2.59. The van der Waals surface area contributed by atoms with E-state index < -0.39 is 29.9 Å². The number of fused-ring (bicyclic) bond motifs is 3. The summed E-state index contributed by atoms with van der Waals surface area (Å²) in [5.41, 5.74) is 4.53. The zero-order chi connectivity index (χ0) is 49.7. The van der Waals surface area contributed by atoms with Crippen molar-refractivity contribution in [3.8, 4) is 23.0 Å². The molecule has 2 aliphatic carbocycles. The van der Waals surface area contributed by atoms with Crippen molar-refractivity contribution in [2.45, 2.75) is 82.8 Å². The number of allylic oxidation sites excluding steroid dienone is 1. The lowest BCUT2D eigenvalue weighted by molar-refractivity contribution is -0.256. The first-order chi connectivity index (χ1) is 34.7. The number of aliphatic hydroxyl groups is 2. The van der Waals surface area contributed by atoms with Gasteiger partial charge in [0, 0.05) is 37.2 Å². The van der Waals surface area contributed by atoms with E-state index in [1.54, 1.807) is 55.3 Å². The number of carbonyl (C=O) groups is 2. The second-order valence-corrected chi connectivity index (χ2v) is 18.1. The zero-order valence-corrected chi connectivity index (χ0v) is 40.8. The standard InChI is InChI=1S/C57H65N3O11/c1-5-31-68-57-52(60(56(64)67-6-2)36-41-22-16-21-39-19-10-11-23-44(39)41)35-49(59-69-37-38-17-8-7-9-18-38)46-32-40(20-12-14-29-61)45(24-13-15-30-62)53(54(46)57)47-33-43(26-28-50(47)71-57)70-55(63)58-48-27-25-42(65-3)34-51(48)66-4/h5,7-11,16-19,21-23,25-28,32-34,40,45,52-54,61-62H,1,6,12-15,20,24,29-31,35-37H2,2-4H3,(H,58,63)/t40-,45+,52-,53+,54+,57+/m0/s1. The first-order valence-corrected chi connectivity index (χ1v) is 24.6. The third-order valence-corrected chi connectivity index (χ3v) is 13.8. The molecule has 1 fully saturated rings. The van der Waals surface area contributed by atoms with Crippen LogP contribution in [0.5, 0.6) is 23.0 Å². The van der Waals surface area contributed by atoms with Gasteiger partial charge in [-0.05, 0) is 102 Å². The van der Waals surface area contributed by atoms with Crippen LogP contribution in [0.3, 0.4) is 0 Å². The second-order valence-electron chi connectivity index (χ2n) is 18.1. The highest BCUT2D eigenvalue weighted by molar-refractivity contribution is 6.03. The molecule has 0 unspecified atom stereocenters. The highest BCUT2D eigenvalue weighted by Gasteiger charge is 2.65. The predicted octanol–water partition coefficient (Wildman–Crippen LogP) is 11.0. The Labute approximate surface area is 415 Å². The fourth-order valence-corrected chi connectivity index (χ4v) is 10.7. The van der Waals surface area contributed by atoms with Crippen molar-refractivity contribution in [3.05, 3.63) is 150 Å². The molecule has 374 valence electrons. The zero-order valence-electron chi connectivity index (χ0n) is 40.8. The summed E-state index contributed by atoms with van der Waals surface area (Å²) in [6.07, 6.45) is 7.05. The third kappa shape index (κ3) is 11.2. The molecule has 14 heteroatoms. The Hall–Kier alpha value is -6.87. The number of unbranched alkanes of at least 4 members (excludes halogenated alkanes) is 2. The predicted molar refractivity (Wildman–Crippen MR) is 272 cm³/mol. The van der Waals surface area contributed by atoms with Gasteiger partial charge in [-0.3, -0.25) is 10.2 Å². The van der Waals surface area contributed by atoms with Crippen LogP contribution in [0.2, 0.25) is 0 Å². The van der Waals surface area contributed by atoms with Crippen LogP contribution in [0.1, 0.15) is 74.5 Å². The molecule has 0 aromatic heterocycles. The van der Waals surface area contributed by atoms with E-state index in [1.807, 2.05) is 72.8 Å². The molecule has 1 saturated carbocycles. The van der Waals surface area contributed by atoms with E-state index in [-0.39, 0.29) is 69.5 Å². The van der Waals surface area contributed by atoms with Gasteiger partial charge in [-0.1, -0.05) is 103 Å². The molecule has 8 rings (SSSR count). The van der Waals surface area contributed by atoms with Crippen LogP contribution < -0.4 is 24.3 Å². The molecule has 2 amide bonds. The van der Waals surface area contributed by atoms with E-state index in [2.05, 4.69) is 24.0 Å². The minimum absolute atomic E-state index is 0.0253. The summed E-state index contributed by atoms with van der Waals surface area (Å²) in [5.74, 6) is -0.909. The number of nitrogens with zero attached hydrogens (tertiary/aromatic N) is 2. The summed E-state index contributed by atoms with van der Waals surface area (Å²) in [5, 5.41) is 29.9. The maximum Gasteiger partial charge on any atom is 0.417 e. The summed E-state index contributed by atoms with van der Waals surface area (Å²) >= 11 is 0. The summed E-state index contributed by atoms with van der Waals surface area (Å²) in [7, 11) is 3.06. The Morgan fingerprint density at radius 2 is 1.65 bits per heavy atom. The molecule has 0 spiro atoms. The molecule has 6 atom stereocenters. The monoisotopic (exact) mass is 967 g/mol. The quantitative estimate of drug-likeness (QED) is 0.0343. The maximum absolute atomic E-state index is 14.8. The Bertz CT molecular complexity index is 2690. The van der Waals surface area contributed by atoms with Gasteiger partial charge in [0.2, 0.25) is 5.79 Å². The van der Waals surface area contributed by atoms with Gasteiger partial charge in [0.25, 0.3) is 0 Å². The highest BCUT2D eigenvalue weighted by Crippen LogP contribution is 2.62. The number of carbonyl (C=O) groups excluding carboxylic acids is 2. The molecule has 5 aromatic carbocycles. The van der Waals surface area contributed by atoms with E-state index in [0.29, 0.717) is 47.9 Å². The molecule has 14 nitrogen and oxygen atoms in total. The van der Waals surface area contributed by atoms with Crippen molar-refractivity contribution in [2.75, 3.05) is 46.0 Å². The minimum Gasteiger partial charge on any atom is -0.497 e. The summed E-state index contributed by atoms with van der Waals surface area (Å²) in [6.45, 7) is 6.52. The third-order valence-electron chi connectivity index (χ3n) is 13.8. The topological polar surface area (TPSA) is 167 Å². The molecular weight excluding hydrogens is 903 g/mol. The van der Waals surface area contributed by atoms with Gasteiger partial charge in [-0.2, -0.15) is 0 Å². The van der Waals surface area contributed by atoms with Crippen molar-refractivity contribution < 1.29 is 53.1 Å². The molecule has 3 aliphatic rings. The van der Waals surface area contributed by atoms with Gasteiger partial charge >= 0.3 is 12.2 Å². The van der Waals surface area contributed by atoms with E-state index in [1.165, 1.54) is 7.11 Å². The van der Waals surface area contributed by atoms with Gasteiger partial charge in [0.05, 0.1) is 51.3 Å². The molecule has 1 heterocycles. The molecule has 1 aliphatic heterocycles. The van der Waals surface area contributed by atoms with E-state index in [4.69, 9.17) is 38.4 Å². The number of amides is 2. The van der Waals surface area contributed by atoms with E-state index in [9.17, 15) is 19.8 Å². The summed E-state index contributed by atoms with van der Waals surface area (Å²) in [6, 6.07) is 33.5. The van der Waals surface area contributed by atoms with Crippen LogP contribution in [0.15, 0.2) is 139 Å². The number of nitrogens with one attached hydrogen (secondary N) is 1. The summed E-state index contributed by atoms with van der Waals surface area (Å²) < 4.78 is 37.5. The Balaban J connectivity index is 1.31. The average Bonchev–Trinajstić information content (AvgIpc) is 3.39. The van der Waals surface area contributed by atoms with Crippen molar-refractivity contribution in [1.29, 1.82) is 0 Å². The first kappa shape index (κ1) is 50.5. The van der Waals surface area contributed by atoms with Gasteiger partial charge < -0.3 is 43.5 Å². The first-order valence-electron chi connectivity index (χ1n) is 24.6. The van der Waals surface area contributed by atoms with E-state index >= 15 is 0 Å². The van der Waals surface area contributed by atoms with Crippen molar-refractivity contribution in [2.24, 2.45) is 22.9 Å². The lowest BCUT2D eigenvalue weighted by atomic mass is 9.55. The minimum atomic E-state index is -1.55. The van der Waals surface area contributed by atoms with Gasteiger partial charge in [-0.25, -0.2) is 9.59 Å². The van der Waals surface area contributed by atoms with Crippen LogP contribution in [0.4, 0.5) is 15.3 Å². The largest absolute Gasteiger partial charge is 0.497 e. The average molecular weight is 968 g/mol. The van der Waals surface area contributed by atoms with Gasteiger partial charge in [0.1, 0.15) is 35.6 Å². The number of anilines is 1. The molecule has 3 N–H and O–H groups in total. The highest BCUT2D eigenvalue weighted by atomic mass is 16.7. The van der Waals surface area contributed by atoms with Crippen LogP contribution in [-0.4, -0.2) is 85.5 Å². The van der Waals surface area contributed by atoms with E-state index in [0.717, 1.165) is 52.3 Å². The number of hydrogen-bond acceptors (Lipinski definition) is 12. The Morgan fingerprint density at radius 3 is 2.41 bits per heavy atom. The molecule has 71 heavy (non-hydrogen) atoms. The van der Waals surface area contributed by atoms with Crippen LogP contribution in [-0.2, 0) is 27.5 Å². The molecular formula is C57H65N3O11. The number of aliphatic hydroxyl groups excluding tert-OH is 2. The SMILES string of the molecule is C=CCO[C@@]12Oc3ccc(OC(=O)Nc4ccc(OC)cc4OC)cc3[C@H]3[C@H](CCCCO)[C@@H](CCCCO)C=C(C(=NOCc4ccccc4)C[C@@H]1N(Cc1cccc4ccccc14)C(=O)OCC)[C@H]32. The van der Waals surface area contributed by atoms with Gasteiger partial charge in [-0.15, -0.1) is 6.58 Å². The number of rotatable bonds is 22. The normalized spacial score (nSPS) is 21.5. The van der Waals surface area contributed by atoms with Gasteiger partial charge in [0.15, 0.2) is 0 Å². The lowest BCUT2D eigenvalue weighted by Crippen LogP contribution is -2.70. The van der Waals surface area contributed by atoms with Crippen LogP contribution >= 0.6 is 0 Å². The number of methoxy groups -OCH3 is 2. The Kier molecular flexibility index (Phi) is 17.0. The number of oxime groups is 1. The van der Waals surface area contributed by atoms with Crippen LogP contribution in [0.25, 0.3) is 10.8 Å².